The minimum atomic E-state index is 0.604. The van der Waals surface area contributed by atoms with E-state index in [4.69, 9.17) is 0 Å². The summed E-state index contributed by atoms with van der Waals surface area (Å²) in [7, 11) is 0. The monoisotopic (exact) mass is 272 g/mol. The van der Waals surface area contributed by atoms with Gasteiger partial charge in [-0.1, -0.05) is 37.3 Å². The van der Waals surface area contributed by atoms with Gasteiger partial charge >= 0.3 is 0 Å². The third kappa shape index (κ3) is 2.91. The van der Waals surface area contributed by atoms with Crippen LogP contribution in [0.4, 0.5) is 0 Å². The van der Waals surface area contributed by atoms with Crippen molar-refractivity contribution >= 4 is 0 Å². The lowest BCUT2D eigenvalue weighted by molar-refractivity contribution is 0.0240. The van der Waals surface area contributed by atoms with E-state index >= 15 is 0 Å². The molecule has 1 N–H and O–H groups in total. The van der Waals surface area contributed by atoms with E-state index in [2.05, 4.69) is 47.5 Å². The molecule has 2 heterocycles. The van der Waals surface area contributed by atoms with Crippen LogP contribution in [0.15, 0.2) is 30.3 Å². The van der Waals surface area contributed by atoms with E-state index in [0.717, 1.165) is 5.92 Å². The van der Waals surface area contributed by atoms with Crippen LogP contribution < -0.4 is 5.32 Å². The van der Waals surface area contributed by atoms with Crippen molar-refractivity contribution in [2.24, 2.45) is 11.3 Å². The normalized spacial score (nSPS) is 26.8. The first-order valence-electron chi connectivity index (χ1n) is 8.29. The van der Waals surface area contributed by atoms with Crippen LogP contribution in [0.2, 0.25) is 0 Å². The lowest BCUT2D eigenvalue weighted by Gasteiger charge is -2.49. The van der Waals surface area contributed by atoms with Crippen molar-refractivity contribution in [1.82, 2.24) is 10.2 Å². The number of likely N-dealkylation sites (tertiary alicyclic amines) is 1. The van der Waals surface area contributed by atoms with Gasteiger partial charge < -0.3 is 10.2 Å². The number of nitrogens with zero attached hydrogens (tertiary/aromatic N) is 1. The minimum Gasteiger partial charge on any atom is -0.316 e. The maximum atomic E-state index is 3.64. The van der Waals surface area contributed by atoms with Gasteiger partial charge in [-0.3, -0.25) is 0 Å². The first kappa shape index (κ1) is 14.1. The zero-order chi connectivity index (χ0) is 13.8. The molecule has 2 aliphatic heterocycles. The van der Waals surface area contributed by atoms with E-state index in [9.17, 15) is 0 Å². The Morgan fingerprint density at radius 2 is 1.90 bits per heavy atom. The molecular formula is C18H28N2. The molecule has 2 heteroatoms. The van der Waals surface area contributed by atoms with Gasteiger partial charge in [0.2, 0.25) is 0 Å². The summed E-state index contributed by atoms with van der Waals surface area (Å²) in [6.07, 6.45) is 5.43. The Kier molecular flexibility index (Phi) is 4.42. The highest BCUT2D eigenvalue weighted by Gasteiger charge is 2.42. The van der Waals surface area contributed by atoms with Crippen LogP contribution in [-0.2, 0) is 6.42 Å². The summed E-state index contributed by atoms with van der Waals surface area (Å²) in [6.45, 7) is 8.56. The van der Waals surface area contributed by atoms with Gasteiger partial charge in [-0.15, -0.1) is 0 Å². The number of hydrogen-bond donors (Lipinski definition) is 1. The molecule has 2 aliphatic rings. The summed E-state index contributed by atoms with van der Waals surface area (Å²) >= 11 is 0. The number of hydrogen-bond acceptors (Lipinski definition) is 2. The smallest absolute Gasteiger partial charge is 0.00120 e. The van der Waals surface area contributed by atoms with E-state index in [1.807, 2.05) is 0 Å². The van der Waals surface area contributed by atoms with Gasteiger partial charge in [0.05, 0.1) is 0 Å². The van der Waals surface area contributed by atoms with Crippen LogP contribution >= 0.6 is 0 Å². The summed E-state index contributed by atoms with van der Waals surface area (Å²) in [5, 5.41) is 3.64. The van der Waals surface area contributed by atoms with Crippen LogP contribution in [0.5, 0.6) is 0 Å². The topological polar surface area (TPSA) is 15.3 Å². The molecule has 0 saturated carbocycles. The fraction of sp³-hybridized carbons (Fsp3) is 0.667. The third-order valence-electron chi connectivity index (χ3n) is 5.68. The Bertz CT molecular complexity index is 407. The van der Waals surface area contributed by atoms with Crippen molar-refractivity contribution in [3.63, 3.8) is 0 Å². The van der Waals surface area contributed by atoms with Crippen LogP contribution in [0.1, 0.15) is 31.7 Å². The summed E-state index contributed by atoms with van der Waals surface area (Å²) in [5.41, 5.74) is 2.12. The van der Waals surface area contributed by atoms with Crippen LogP contribution in [0.25, 0.3) is 0 Å². The van der Waals surface area contributed by atoms with Gasteiger partial charge in [0, 0.05) is 0 Å². The number of rotatable bonds is 3. The van der Waals surface area contributed by atoms with E-state index < -0.39 is 0 Å². The molecular weight excluding hydrogens is 244 g/mol. The molecule has 1 atom stereocenters. The molecule has 3 rings (SSSR count). The lowest BCUT2D eigenvalue weighted by atomic mass is 9.63. The predicted molar refractivity (Wildman–Crippen MR) is 84.9 cm³/mol. The molecule has 1 aromatic rings. The van der Waals surface area contributed by atoms with Crippen LogP contribution in [-0.4, -0.2) is 37.6 Å². The Hall–Kier alpha value is -0.860. The first-order chi connectivity index (χ1) is 9.82. The first-order valence-corrected chi connectivity index (χ1v) is 8.29. The molecule has 1 spiro atoms. The Labute approximate surface area is 123 Å². The standard InChI is InChI=1S/C18H28N2/c1-2-20-12-9-18(10-13-20)8-11-19-15-17(18)14-16-6-4-3-5-7-16/h3-7,17,19H,2,8-15H2,1H3. The van der Waals surface area contributed by atoms with Gasteiger partial charge in [0.1, 0.15) is 0 Å². The SMILES string of the molecule is CCN1CCC2(CCNCC2Cc2ccccc2)CC1. The molecule has 0 radical (unpaired) electrons. The van der Waals surface area contributed by atoms with Crippen molar-refractivity contribution in [1.29, 1.82) is 0 Å². The second kappa shape index (κ2) is 6.28. The minimum absolute atomic E-state index is 0.604. The zero-order valence-electron chi connectivity index (χ0n) is 12.8. The van der Waals surface area contributed by atoms with Gasteiger partial charge in [0.25, 0.3) is 0 Å². The van der Waals surface area contributed by atoms with Gasteiger partial charge in [-0.05, 0) is 75.3 Å². The average molecular weight is 272 g/mol. The molecule has 0 aliphatic carbocycles. The van der Waals surface area contributed by atoms with Crippen molar-refractivity contribution in [2.45, 2.75) is 32.6 Å². The quantitative estimate of drug-likeness (QED) is 0.910. The second-order valence-electron chi connectivity index (χ2n) is 6.64. The maximum Gasteiger partial charge on any atom is -0.00120 e. The van der Waals surface area contributed by atoms with Crippen molar-refractivity contribution < 1.29 is 0 Å². The van der Waals surface area contributed by atoms with E-state index in [1.54, 1.807) is 0 Å². The van der Waals surface area contributed by atoms with Crippen molar-refractivity contribution in [2.75, 3.05) is 32.7 Å². The molecule has 0 amide bonds. The number of nitrogens with one attached hydrogen (secondary N) is 1. The van der Waals surface area contributed by atoms with Crippen LogP contribution in [0.3, 0.4) is 0 Å². The molecule has 2 fully saturated rings. The van der Waals surface area contributed by atoms with Gasteiger partial charge in [0.15, 0.2) is 0 Å². The molecule has 20 heavy (non-hydrogen) atoms. The average Bonchev–Trinajstić information content (AvgIpc) is 2.52. The highest BCUT2D eigenvalue weighted by atomic mass is 15.1. The summed E-state index contributed by atoms with van der Waals surface area (Å²) < 4.78 is 0. The van der Waals surface area contributed by atoms with Crippen molar-refractivity contribution in [3.05, 3.63) is 35.9 Å². The van der Waals surface area contributed by atoms with E-state index in [0.29, 0.717) is 5.41 Å². The Balaban J connectivity index is 1.71. The number of benzene rings is 1. The summed E-state index contributed by atoms with van der Waals surface area (Å²) in [6, 6.07) is 11.1. The summed E-state index contributed by atoms with van der Waals surface area (Å²) in [4.78, 5) is 2.62. The molecule has 0 aromatic heterocycles. The number of piperidine rings is 2. The predicted octanol–water partition coefficient (Wildman–Crippen LogP) is 2.94. The Morgan fingerprint density at radius 1 is 1.15 bits per heavy atom. The fourth-order valence-electron chi connectivity index (χ4n) is 4.19. The highest BCUT2D eigenvalue weighted by Crippen LogP contribution is 2.44. The second-order valence-corrected chi connectivity index (χ2v) is 6.64. The molecule has 0 bridgehead atoms. The molecule has 1 unspecified atom stereocenters. The highest BCUT2D eigenvalue weighted by molar-refractivity contribution is 5.16. The van der Waals surface area contributed by atoms with Crippen molar-refractivity contribution in [3.8, 4) is 0 Å². The third-order valence-corrected chi connectivity index (χ3v) is 5.68. The Morgan fingerprint density at radius 3 is 2.60 bits per heavy atom. The molecule has 110 valence electrons. The maximum absolute atomic E-state index is 3.64. The molecule has 2 nitrogen and oxygen atoms in total. The zero-order valence-corrected chi connectivity index (χ0v) is 12.8. The largest absolute Gasteiger partial charge is 0.316 e. The molecule has 2 saturated heterocycles. The van der Waals surface area contributed by atoms with Gasteiger partial charge in [-0.2, -0.15) is 0 Å². The van der Waals surface area contributed by atoms with E-state index in [-0.39, 0.29) is 0 Å². The fourth-order valence-corrected chi connectivity index (χ4v) is 4.19. The molecule has 1 aromatic carbocycles. The van der Waals surface area contributed by atoms with E-state index in [1.165, 1.54) is 64.0 Å². The lowest BCUT2D eigenvalue weighted by Crippen LogP contribution is -2.51. The summed E-state index contributed by atoms with van der Waals surface area (Å²) in [5.74, 6) is 0.817. The van der Waals surface area contributed by atoms with Crippen LogP contribution in [0, 0.1) is 11.3 Å². The van der Waals surface area contributed by atoms with Gasteiger partial charge in [-0.25, -0.2) is 0 Å².